The molecule has 2 aliphatic rings. The van der Waals surface area contributed by atoms with Gasteiger partial charge in [0.15, 0.2) is 0 Å². The van der Waals surface area contributed by atoms with Crippen molar-refractivity contribution in [3.8, 4) is 0 Å². The highest BCUT2D eigenvalue weighted by atomic mass is 16.4. The first-order valence-electron chi connectivity index (χ1n) is 7.49. The lowest BCUT2D eigenvalue weighted by Crippen LogP contribution is -2.49. The Morgan fingerprint density at radius 1 is 1.32 bits per heavy atom. The molecule has 2 bridgehead atoms. The first-order valence-corrected chi connectivity index (χ1v) is 7.49. The summed E-state index contributed by atoms with van der Waals surface area (Å²) >= 11 is 0. The second-order valence-corrected chi connectivity index (χ2v) is 7.48. The molecule has 1 N–H and O–H groups in total. The Hall–Kier alpha value is -0.830. The van der Waals surface area contributed by atoms with E-state index < -0.39 is 0 Å². The van der Waals surface area contributed by atoms with Gasteiger partial charge in [-0.25, -0.2) is 4.98 Å². The maximum Gasteiger partial charge on any atom is 0.208 e. The van der Waals surface area contributed by atoms with Crippen LogP contribution < -0.4 is 5.32 Å². The zero-order valence-corrected chi connectivity index (χ0v) is 12.8. The van der Waals surface area contributed by atoms with E-state index in [1.165, 1.54) is 19.3 Å². The van der Waals surface area contributed by atoms with Crippen LogP contribution in [0.5, 0.6) is 0 Å². The number of oxazole rings is 1. The van der Waals surface area contributed by atoms with Gasteiger partial charge in [-0.15, -0.1) is 0 Å². The smallest absolute Gasteiger partial charge is 0.208 e. The average Bonchev–Trinajstić information content (AvgIpc) is 2.89. The Balaban J connectivity index is 1.73. The van der Waals surface area contributed by atoms with Gasteiger partial charge in [0.25, 0.3) is 0 Å². The van der Waals surface area contributed by atoms with E-state index in [0.717, 1.165) is 29.8 Å². The minimum Gasteiger partial charge on any atom is -0.444 e. The molecule has 2 aliphatic carbocycles. The molecule has 2 saturated carbocycles. The van der Waals surface area contributed by atoms with Gasteiger partial charge in [-0.3, -0.25) is 0 Å². The Labute approximate surface area is 116 Å². The number of nitrogens with one attached hydrogen (secondary N) is 1. The van der Waals surface area contributed by atoms with Crippen molar-refractivity contribution in [2.24, 2.45) is 16.7 Å². The van der Waals surface area contributed by atoms with Crippen LogP contribution in [0.1, 0.15) is 57.4 Å². The molecule has 0 radical (unpaired) electrons. The lowest BCUT2D eigenvalue weighted by Gasteiger charge is -2.43. The third-order valence-electron chi connectivity index (χ3n) is 5.80. The topological polar surface area (TPSA) is 38.1 Å². The predicted molar refractivity (Wildman–Crippen MR) is 75.8 cm³/mol. The Bertz CT molecular complexity index is 467. The molecule has 0 aliphatic heterocycles. The summed E-state index contributed by atoms with van der Waals surface area (Å²) in [7, 11) is 0. The first-order chi connectivity index (χ1) is 8.83. The summed E-state index contributed by atoms with van der Waals surface area (Å²) in [5, 5.41) is 3.74. The fourth-order valence-electron chi connectivity index (χ4n) is 4.62. The molecule has 3 atom stereocenters. The molecule has 1 aromatic heterocycles. The van der Waals surface area contributed by atoms with Gasteiger partial charge in [0, 0.05) is 6.04 Å². The van der Waals surface area contributed by atoms with Crippen LogP contribution in [0.3, 0.4) is 0 Å². The largest absolute Gasteiger partial charge is 0.444 e. The molecule has 19 heavy (non-hydrogen) atoms. The van der Waals surface area contributed by atoms with Crippen molar-refractivity contribution in [1.29, 1.82) is 0 Å². The quantitative estimate of drug-likeness (QED) is 0.904. The number of nitrogens with zero attached hydrogens (tertiary/aromatic N) is 1. The minimum absolute atomic E-state index is 0.393. The van der Waals surface area contributed by atoms with Crippen LogP contribution in [0.25, 0.3) is 0 Å². The van der Waals surface area contributed by atoms with E-state index >= 15 is 0 Å². The average molecular weight is 262 g/mol. The molecule has 0 spiro atoms. The highest BCUT2D eigenvalue weighted by Gasteiger charge is 2.58. The van der Waals surface area contributed by atoms with Gasteiger partial charge in [-0.2, -0.15) is 0 Å². The summed E-state index contributed by atoms with van der Waals surface area (Å²) in [6, 6.07) is 0.575. The molecule has 1 heterocycles. The molecule has 106 valence electrons. The van der Waals surface area contributed by atoms with Crippen LogP contribution in [0.2, 0.25) is 0 Å². The van der Waals surface area contributed by atoms with E-state index in [9.17, 15) is 0 Å². The molecule has 2 fully saturated rings. The molecule has 1 aromatic rings. The number of aryl methyl sites for hydroxylation is 2. The maximum absolute atomic E-state index is 5.68. The SMILES string of the molecule is Cc1nc(CNC2C(C)(C)[C@H]3CC[C@]2(C)C3)oc1C. The van der Waals surface area contributed by atoms with Gasteiger partial charge in [0.2, 0.25) is 5.89 Å². The molecule has 3 heteroatoms. The standard InChI is InChI=1S/C16H26N2O/c1-10-11(2)19-13(18-10)9-17-14-15(3,4)12-6-7-16(14,5)8-12/h12,14,17H,6-9H2,1-5H3/t12-,14?,16+/m0/s1. The van der Waals surface area contributed by atoms with E-state index in [4.69, 9.17) is 4.42 Å². The van der Waals surface area contributed by atoms with Crippen LogP contribution in [0.4, 0.5) is 0 Å². The van der Waals surface area contributed by atoms with Crippen molar-refractivity contribution < 1.29 is 4.42 Å². The van der Waals surface area contributed by atoms with E-state index in [-0.39, 0.29) is 0 Å². The highest BCUT2D eigenvalue weighted by Crippen LogP contribution is 2.62. The molecule has 0 saturated heterocycles. The zero-order valence-electron chi connectivity index (χ0n) is 12.8. The number of hydrogen-bond acceptors (Lipinski definition) is 3. The Morgan fingerprint density at radius 2 is 2.05 bits per heavy atom. The normalized spacial score (nSPS) is 36.1. The van der Waals surface area contributed by atoms with E-state index in [2.05, 4.69) is 31.1 Å². The minimum atomic E-state index is 0.393. The Kier molecular flexibility index (Phi) is 2.83. The molecule has 3 nitrogen and oxygen atoms in total. The third-order valence-corrected chi connectivity index (χ3v) is 5.80. The second kappa shape index (κ2) is 4.08. The van der Waals surface area contributed by atoms with Crippen molar-refractivity contribution in [1.82, 2.24) is 10.3 Å². The Morgan fingerprint density at radius 3 is 2.58 bits per heavy atom. The number of aromatic nitrogens is 1. The first kappa shape index (κ1) is 13.2. The van der Waals surface area contributed by atoms with Crippen LogP contribution in [0, 0.1) is 30.6 Å². The van der Waals surface area contributed by atoms with Crippen molar-refractivity contribution in [3.05, 3.63) is 17.3 Å². The lowest BCUT2D eigenvalue weighted by molar-refractivity contribution is 0.105. The second-order valence-electron chi connectivity index (χ2n) is 7.48. The predicted octanol–water partition coefficient (Wildman–Crippen LogP) is 3.60. The van der Waals surface area contributed by atoms with Crippen molar-refractivity contribution in [2.75, 3.05) is 0 Å². The monoisotopic (exact) mass is 262 g/mol. The van der Waals surface area contributed by atoms with Gasteiger partial charge in [-0.05, 0) is 49.9 Å². The van der Waals surface area contributed by atoms with E-state index in [1.807, 2.05) is 13.8 Å². The maximum atomic E-state index is 5.68. The highest BCUT2D eigenvalue weighted by molar-refractivity contribution is 5.12. The van der Waals surface area contributed by atoms with Gasteiger partial charge in [-0.1, -0.05) is 20.8 Å². The summed E-state index contributed by atoms with van der Waals surface area (Å²) in [4.78, 5) is 4.47. The van der Waals surface area contributed by atoms with Crippen LogP contribution in [0.15, 0.2) is 4.42 Å². The van der Waals surface area contributed by atoms with E-state index in [0.29, 0.717) is 16.9 Å². The van der Waals surface area contributed by atoms with Crippen LogP contribution in [-0.2, 0) is 6.54 Å². The number of fused-ring (bicyclic) bond motifs is 2. The van der Waals surface area contributed by atoms with E-state index in [1.54, 1.807) is 0 Å². The zero-order chi connectivity index (χ0) is 13.8. The summed E-state index contributed by atoms with van der Waals surface area (Å²) in [6.45, 7) is 12.0. The van der Waals surface area contributed by atoms with Gasteiger partial charge in [0.05, 0.1) is 12.2 Å². The van der Waals surface area contributed by atoms with Crippen molar-refractivity contribution in [3.63, 3.8) is 0 Å². The van der Waals surface area contributed by atoms with Crippen molar-refractivity contribution in [2.45, 2.75) is 66.5 Å². The van der Waals surface area contributed by atoms with Crippen LogP contribution in [-0.4, -0.2) is 11.0 Å². The van der Waals surface area contributed by atoms with Gasteiger partial charge < -0.3 is 9.73 Å². The molecule has 1 unspecified atom stereocenters. The molecule has 3 rings (SSSR count). The van der Waals surface area contributed by atoms with Crippen molar-refractivity contribution >= 4 is 0 Å². The molecular weight excluding hydrogens is 236 g/mol. The summed E-state index contributed by atoms with van der Waals surface area (Å²) < 4.78 is 5.68. The van der Waals surface area contributed by atoms with Gasteiger partial charge >= 0.3 is 0 Å². The summed E-state index contributed by atoms with van der Waals surface area (Å²) in [5.41, 5.74) is 1.87. The molecular formula is C16H26N2O. The van der Waals surface area contributed by atoms with Crippen LogP contribution >= 0.6 is 0 Å². The fraction of sp³-hybridized carbons (Fsp3) is 0.812. The third kappa shape index (κ3) is 1.94. The van der Waals surface area contributed by atoms with Gasteiger partial charge in [0.1, 0.15) is 5.76 Å². The fourth-order valence-corrected chi connectivity index (χ4v) is 4.62. The summed E-state index contributed by atoms with van der Waals surface area (Å²) in [5.74, 6) is 2.65. The summed E-state index contributed by atoms with van der Waals surface area (Å²) in [6.07, 6.45) is 4.14. The molecule has 0 aromatic carbocycles. The number of hydrogen-bond donors (Lipinski definition) is 1. The number of rotatable bonds is 3. The lowest BCUT2D eigenvalue weighted by atomic mass is 9.68. The molecule has 0 amide bonds.